The Morgan fingerprint density at radius 1 is 0.538 bits per heavy atom. The van der Waals surface area contributed by atoms with Crippen LogP contribution in [-0.2, 0) is 9.59 Å². The maximum Gasteiger partial charge on any atom is 0.326 e. The Kier molecular flexibility index (Phi) is 16.2. The number of hydrogen-bond acceptors (Lipinski definition) is 6. The zero-order chi connectivity index (χ0) is 45.0. The van der Waals surface area contributed by atoms with Gasteiger partial charge in [0.1, 0.15) is 0 Å². The Morgan fingerprint density at radius 2 is 0.969 bits per heavy atom. The van der Waals surface area contributed by atoms with Gasteiger partial charge in [-0.15, -0.1) is 0 Å². The van der Waals surface area contributed by atoms with Gasteiger partial charge in [0.2, 0.25) is 11.8 Å². The molecule has 13 heteroatoms. The van der Waals surface area contributed by atoms with Crippen molar-refractivity contribution in [1.82, 2.24) is 29.3 Å². The summed E-state index contributed by atoms with van der Waals surface area (Å²) in [6.45, 7) is 4.00. The van der Waals surface area contributed by atoms with Crippen molar-refractivity contribution < 1.29 is 9.59 Å². The number of benzene rings is 4. The number of likely N-dealkylation sites (tertiary alicyclic amines) is 1. The molecule has 0 spiro atoms. The van der Waals surface area contributed by atoms with E-state index in [0.717, 1.165) is 91.2 Å². The van der Waals surface area contributed by atoms with Gasteiger partial charge in [-0.25, -0.2) is 9.59 Å². The molecule has 0 unspecified atom stereocenters. The number of aromatic amines is 2. The van der Waals surface area contributed by atoms with Gasteiger partial charge in [-0.05, 0) is 136 Å². The van der Waals surface area contributed by atoms with Gasteiger partial charge in [0.25, 0.3) is 0 Å². The zero-order valence-electron chi connectivity index (χ0n) is 37.5. The van der Waals surface area contributed by atoms with Gasteiger partial charge >= 0.3 is 11.4 Å². The van der Waals surface area contributed by atoms with Crippen LogP contribution < -0.4 is 27.3 Å². The van der Waals surface area contributed by atoms with E-state index in [2.05, 4.69) is 71.0 Å². The molecule has 4 heterocycles. The second-order valence-corrected chi connectivity index (χ2v) is 18.8. The number of piperidine rings is 2. The van der Waals surface area contributed by atoms with E-state index in [1.165, 1.54) is 75.3 Å². The van der Waals surface area contributed by atoms with Crippen LogP contribution in [0, 0.1) is 0 Å². The molecule has 0 bridgehead atoms. The Balaban J connectivity index is 0.000000147. The number of para-hydroxylation sites is 4. The fraction of sp³-hybridized carbons (Fsp3) is 0.462. The van der Waals surface area contributed by atoms with Crippen LogP contribution in [0.3, 0.4) is 0 Å². The fourth-order valence-electron chi connectivity index (χ4n) is 10.4. The van der Waals surface area contributed by atoms with Crippen molar-refractivity contribution in [2.75, 3.05) is 48.7 Å². The molecule has 2 aliphatic heterocycles. The summed E-state index contributed by atoms with van der Waals surface area (Å²) < 4.78 is 3.80. The van der Waals surface area contributed by atoms with Crippen LogP contribution in [-0.4, -0.2) is 73.9 Å². The van der Waals surface area contributed by atoms with Crippen molar-refractivity contribution in [2.45, 2.75) is 114 Å². The van der Waals surface area contributed by atoms with Crippen molar-refractivity contribution in [1.29, 1.82) is 0 Å². The predicted molar refractivity (Wildman–Crippen MR) is 267 cm³/mol. The predicted octanol–water partition coefficient (Wildman–Crippen LogP) is 9.97. The van der Waals surface area contributed by atoms with Crippen LogP contribution in [0.25, 0.3) is 22.1 Å². The first-order chi connectivity index (χ1) is 31.8. The van der Waals surface area contributed by atoms with Crippen molar-refractivity contribution in [3.63, 3.8) is 0 Å². The lowest BCUT2D eigenvalue weighted by molar-refractivity contribution is -0.117. The van der Waals surface area contributed by atoms with Crippen LogP contribution in [0.2, 0.25) is 0 Å². The summed E-state index contributed by atoms with van der Waals surface area (Å²) in [4.78, 5) is 56.2. The first kappa shape index (κ1) is 46.3. The first-order valence-electron chi connectivity index (χ1n) is 24.0. The lowest BCUT2D eigenvalue weighted by atomic mass is 9.84. The molecule has 2 saturated heterocycles. The molecule has 65 heavy (non-hydrogen) atoms. The normalized spacial score (nSPS) is 18.0. The Morgan fingerprint density at radius 3 is 1.43 bits per heavy atom. The minimum Gasteiger partial charge on any atom is -0.325 e. The minimum absolute atomic E-state index is 0.00424. The Bertz CT molecular complexity index is 2570. The average Bonchev–Trinajstić information content (AvgIpc) is 3.88. The molecular formula is C52H65BrN8O4. The number of nitrogens with zero attached hydrogens (tertiary/aromatic N) is 3. The number of alkyl halides is 1. The number of rotatable bonds is 9. The molecule has 2 amide bonds. The van der Waals surface area contributed by atoms with E-state index >= 15 is 0 Å². The van der Waals surface area contributed by atoms with Crippen LogP contribution in [0.5, 0.6) is 0 Å². The third-order valence-corrected chi connectivity index (χ3v) is 14.4. The van der Waals surface area contributed by atoms with Crippen molar-refractivity contribution >= 4 is 61.2 Å². The zero-order valence-corrected chi connectivity index (χ0v) is 39.1. The highest BCUT2D eigenvalue weighted by atomic mass is 79.9. The van der Waals surface area contributed by atoms with Crippen LogP contribution >= 0.6 is 15.9 Å². The van der Waals surface area contributed by atoms with E-state index < -0.39 is 0 Å². The number of imidazole rings is 2. The van der Waals surface area contributed by atoms with Gasteiger partial charge in [0.05, 0.1) is 33.9 Å². The molecule has 10 rings (SSSR count). The number of hydrogen-bond donors (Lipinski definition) is 5. The first-order valence-corrected chi connectivity index (χ1v) is 25.1. The molecular weight excluding hydrogens is 881 g/mol. The second kappa shape index (κ2) is 22.8. The van der Waals surface area contributed by atoms with E-state index in [-0.39, 0.29) is 29.2 Å². The van der Waals surface area contributed by atoms with Crippen LogP contribution in [0.1, 0.15) is 125 Å². The summed E-state index contributed by atoms with van der Waals surface area (Å²) in [5.74, 6) is 1.43. The number of carbonyl (C=O) groups is 2. The largest absolute Gasteiger partial charge is 0.326 e. The second-order valence-electron chi connectivity index (χ2n) is 18.3. The number of aromatic nitrogens is 4. The molecule has 0 radical (unpaired) electrons. The Hall–Kier alpha value is -5.24. The molecule has 4 aromatic carbocycles. The summed E-state index contributed by atoms with van der Waals surface area (Å²) in [5.41, 5.74) is 8.36. The molecule has 12 nitrogen and oxygen atoms in total. The smallest absolute Gasteiger partial charge is 0.325 e. The van der Waals surface area contributed by atoms with Gasteiger partial charge in [0, 0.05) is 36.5 Å². The van der Waals surface area contributed by atoms with Crippen LogP contribution in [0.4, 0.5) is 11.4 Å². The summed E-state index contributed by atoms with van der Waals surface area (Å²) in [7, 11) is 0. The SMILES string of the molecule is O=C(CBr)Nc1ccc(C2CCCCC2)cc1.O=C(CN1CCC(n2c(=O)[nH]c3ccccc32)CC1)Nc1ccc(C2CCCCC2)cc1.O=c1[nH]c2ccccc2n1C1CCNCC1. The number of fused-ring (bicyclic) bond motifs is 2. The third kappa shape index (κ3) is 12.2. The van der Waals surface area contributed by atoms with E-state index in [0.29, 0.717) is 23.8 Å². The van der Waals surface area contributed by atoms with E-state index in [4.69, 9.17) is 0 Å². The molecule has 6 aromatic rings. The molecule has 4 aliphatic rings. The third-order valence-electron chi connectivity index (χ3n) is 13.9. The number of halogens is 1. The van der Waals surface area contributed by atoms with E-state index in [1.54, 1.807) is 0 Å². The standard InChI is InChI=1S/C26H32N4O2.C14H18BrNO.C12H15N3O/c31-25(27-21-12-10-20(11-13-21)19-6-2-1-3-7-19)18-29-16-14-22(15-17-29)30-24-9-5-4-8-23(24)28-26(30)32;15-10-14(17)16-13-8-6-12(7-9-13)11-4-2-1-3-5-11;16-12-14-10-3-1-2-4-11(10)15(12)9-5-7-13-8-6-9/h4-5,8-13,19,22H,1-3,6-7,14-18H2,(H,27,31)(H,28,32);6-9,11H,1-5,10H2,(H,16,17);1-4,9,13H,5-8H2,(H,14,16). The highest BCUT2D eigenvalue weighted by molar-refractivity contribution is 9.09. The van der Waals surface area contributed by atoms with Gasteiger partial charge in [0.15, 0.2) is 0 Å². The number of carbonyl (C=O) groups excluding carboxylic acids is 2. The van der Waals surface area contributed by atoms with Gasteiger partial charge < -0.3 is 25.9 Å². The molecule has 5 N–H and O–H groups in total. The molecule has 2 saturated carbocycles. The molecule has 0 atom stereocenters. The summed E-state index contributed by atoms with van der Waals surface area (Å²) in [6, 6.07) is 33.0. The van der Waals surface area contributed by atoms with E-state index in [9.17, 15) is 19.2 Å². The maximum absolute atomic E-state index is 12.6. The molecule has 344 valence electrons. The lowest BCUT2D eigenvalue weighted by Crippen LogP contribution is -2.40. The summed E-state index contributed by atoms with van der Waals surface area (Å²) in [5, 5.41) is 9.55. The number of nitrogens with one attached hydrogen (secondary N) is 5. The molecule has 4 fully saturated rings. The number of H-pyrrole nitrogens is 2. The van der Waals surface area contributed by atoms with Crippen LogP contribution in [0.15, 0.2) is 107 Å². The number of amides is 2. The highest BCUT2D eigenvalue weighted by Gasteiger charge is 2.25. The summed E-state index contributed by atoms with van der Waals surface area (Å²) >= 11 is 3.14. The lowest BCUT2D eigenvalue weighted by Gasteiger charge is -2.32. The van der Waals surface area contributed by atoms with Gasteiger partial charge in [-0.1, -0.05) is 103 Å². The average molecular weight is 946 g/mol. The Labute approximate surface area is 390 Å². The van der Waals surface area contributed by atoms with Gasteiger partial charge in [-0.2, -0.15) is 0 Å². The minimum atomic E-state index is -0.0425. The quantitative estimate of drug-likeness (QED) is 0.0912. The fourth-order valence-corrected chi connectivity index (χ4v) is 10.6. The number of anilines is 2. The van der Waals surface area contributed by atoms with Crippen molar-refractivity contribution in [3.8, 4) is 0 Å². The van der Waals surface area contributed by atoms with E-state index in [1.807, 2.05) is 81.9 Å². The molecule has 2 aromatic heterocycles. The van der Waals surface area contributed by atoms with Crippen molar-refractivity contribution in [3.05, 3.63) is 129 Å². The highest BCUT2D eigenvalue weighted by Crippen LogP contribution is 2.34. The maximum atomic E-state index is 12.6. The summed E-state index contributed by atoms with van der Waals surface area (Å²) in [6.07, 6.45) is 17.1. The monoisotopic (exact) mass is 944 g/mol. The molecule has 2 aliphatic carbocycles. The topological polar surface area (TPSA) is 149 Å². The van der Waals surface area contributed by atoms with Gasteiger partial charge in [-0.3, -0.25) is 23.6 Å². The van der Waals surface area contributed by atoms with Crippen molar-refractivity contribution in [2.24, 2.45) is 0 Å².